The molecular weight excluding hydrogens is 471 g/mol. The quantitative estimate of drug-likeness (QED) is 0.479. The summed E-state index contributed by atoms with van der Waals surface area (Å²) in [5.41, 5.74) is 1.62. The number of rotatable bonds is 5. The van der Waals surface area contributed by atoms with E-state index >= 15 is 0 Å². The molecule has 1 unspecified atom stereocenters. The molecule has 0 bridgehead atoms. The summed E-state index contributed by atoms with van der Waals surface area (Å²) >= 11 is 6.07. The van der Waals surface area contributed by atoms with Crippen LogP contribution >= 0.6 is 11.6 Å². The van der Waals surface area contributed by atoms with E-state index in [2.05, 4.69) is 4.98 Å². The molecule has 1 atom stereocenters. The second-order valence-electron chi connectivity index (χ2n) is 9.41. The van der Waals surface area contributed by atoms with E-state index in [0.717, 1.165) is 24.0 Å². The lowest BCUT2D eigenvalue weighted by Gasteiger charge is -2.27. The van der Waals surface area contributed by atoms with Gasteiger partial charge >= 0.3 is 5.97 Å². The Balaban J connectivity index is 1.15. The molecule has 1 aromatic heterocycles. The van der Waals surface area contributed by atoms with Crippen molar-refractivity contribution in [2.75, 3.05) is 13.1 Å². The Morgan fingerprint density at radius 1 is 1.14 bits per heavy atom. The number of fused-ring (bicyclic) bond motifs is 2. The van der Waals surface area contributed by atoms with Gasteiger partial charge in [0.2, 0.25) is 5.91 Å². The van der Waals surface area contributed by atoms with Gasteiger partial charge in [-0.05, 0) is 48.7 Å². The normalized spacial score (nSPS) is 21.7. The van der Waals surface area contributed by atoms with Crippen LogP contribution in [0.5, 0.6) is 5.75 Å². The molecule has 1 amide bonds. The molecule has 3 aliphatic rings. The molecule has 0 radical (unpaired) electrons. The van der Waals surface area contributed by atoms with Crippen molar-refractivity contribution in [1.82, 2.24) is 9.88 Å². The maximum Gasteiger partial charge on any atom is 0.341 e. The maximum absolute atomic E-state index is 13.6. The molecule has 35 heavy (non-hydrogen) atoms. The van der Waals surface area contributed by atoms with Crippen molar-refractivity contribution in [3.05, 3.63) is 94.0 Å². The summed E-state index contributed by atoms with van der Waals surface area (Å²) < 4.78 is 24.8. The fraction of sp³-hybridized carbons (Fsp3) is 0.296. The predicted molar refractivity (Wildman–Crippen MR) is 126 cm³/mol. The average molecular weight is 493 g/mol. The van der Waals surface area contributed by atoms with E-state index in [1.807, 2.05) is 35.2 Å². The van der Waals surface area contributed by atoms with Gasteiger partial charge in [0, 0.05) is 36.5 Å². The number of likely N-dealkylation sites (tertiary alicyclic amines) is 1. The number of hydrogen-bond acceptors (Lipinski definition) is 5. The van der Waals surface area contributed by atoms with Crippen LogP contribution in [-0.2, 0) is 27.2 Å². The van der Waals surface area contributed by atoms with Crippen molar-refractivity contribution in [3.63, 3.8) is 0 Å². The molecule has 1 saturated heterocycles. The molecule has 1 aliphatic carbocycles. The number of nitrogens with zero attached hydrogens (tertiary/aromatic N) is 2. The number of carbonyl (C=O) groups excluding carboxylic acids is 2. The number of aromatic nitrogens is 1. The number of esters is 1. The highest BCUT2D eigenvalue weighted by Crippen LogP contribution is 2.52. The standard InChI is InChI=1S/C27H22ClFN2O4/c28-23-13-19(29)4-1-17(23)15-34-20-5-2-18(3-6-20)26(8-9-26)25(33)31-12-10-27(16-31)22-7-11-30-14-21(22)24(32)35-27/h1-7,11,13-14H,8-10,12,15-16H2. The molecule has 0 N–H and O–H groups in total. The molecule has 2 aliphatic heterocycles. The maximum atomic E-state index is 13.6. The molecule has 1 saturated carbocycles. The van der Waals surface area contributed by atoms with Crippen LogP contribution in [0.3, 0.4) is 0 Å². The van der Waals surface area contributed by atoms with Crippen LogP contribution in [0.1, 0.15) is 46.3 Å². The lowest BCUT2D eigenvalue weighted by Crippen LogP contribution is -2.40. The zero-order chi connectivity index (χ0) is 24.2. The van der Waals surface area contributed by atoms with Crippen molar-refractivity contribution in [3.8, 4) is 5.75 Å². The highest BCUT2D eigenvalue weighted by molar-refractivity contribution is 6.31. The number of hydrogen-bond donors (Lipinski definition) is 0. The van der Waals surface area contributed by atoms with Crippen LogP contribution in [0.15, 0.2) is 60.9 Å². The van der Waals surface area contributed by atoms with E-state index < -0.39 is 16.8 Å². The summed E-state index contributed by atoms with van der Waals surface area (Å²) in [4.78, 5) is 31.8. The van der Waals surface area contributed by atoms with E-state index in [1.165, 1.54) is 18.3 Å². The first kappa shape index (κ1) is 22.0. The summed E-state index contributed by atoms with van der Waals surface area (Å²) in [6.45, 7) is 1.11. The molecule has 6 nitrogen and oxygen atoms in total. The number of amides is 1. The van der Waals surface area contributed by atoms with Crippen LogP contribution in [0.2, 0.25) is 5.02 Å². The monoisotopic (exact) mass is 492 g/mol. The van der Waals surface area contributed by atoms with Gasteiger partial charge in [0.15, 0.2) is 5.60 Å². The Kier molecular flexibility index (Phi) is 5.07. The van der Waals surface area contributed by atoms with Gasteiger partial charge in [-0.2, -0.15) is 0 Å². The third kappa shape index (κ3) is 3.65. The van der Waals surface area contributed by atoms with E-state index in [4.69, 9.17) is 21.1 Å². The van der Waals surface area contributed by atoms with Crippen molar-refractivity contribution in [2.45, 2.75) is 36.9 Å². The fourth-order valence-electron chi connectivity index (χ4n) is 5.22. The van der Waals surface area contributed by atoms with Crippen LogP contribution in [0.25, 0.3) is 0 Å². The SMILES string of the molecule is O=C1OC2(CCN(C(=O)C3(c4ccc(OCc5ccc(F)cc5Cl)cc4)CC3)C2)c2ccncc21. The largest absolute Gasteiger partial charge is 0.489 e. The molecular formula is C27H22ClFN2O4. The van der Waals surface area contributed by atoms with Crippen LogP contribution in [0, 0.1) is 5.82 Å². The third-order valence-corrected chi connectivity index (χ3v) is 7.67. The van der Waals surface area contributed by atoms with Crippen molar-refractivity contribution < 1.29 is 23.5 Å². The molecule has 178 valence electrons. The Morgan fingerprint density at radius 2 is 1.94 bits per heavy atom. The minimum absolute atomic E-state index is 0.0692. The number of ether oxygens (including phenoxy) is 2. The van der Waals surface area contributed by atoms with E-state index in [-0.39, 0.29) is 18.5 Å². The Bertz CT molecular complexity index is 1340. The molecule has 3 heterocycles. The fourth-order valence-corrected chi connectivity index (χ4v) is 5.45. The number of carbonyl (C=O) groups is 2. The van der Waals surface area contributed by atoms with Crippen LogP contribution in [-0.4, -0.2) is 34.8 Å². The van der Waals surface area contributed by atoms with E-state index in [0.29, 0.717) is 41.4 Å². The first-order valence-corrected chi connectivity index (χ1v) is 11.9. The minimum atomic E-state index is -0.777. The predicted octanol–water partition coefficient (Wildman–Crippen LogP) is 4.78. The van der Waals surface area contributed by atoms with Crippen LogP contribution in [0.4, 0.5) is 4.39 Å². The Hall–Kier alpha value is -3.45. The van der Waals surface area contributed by atoms with Crippen molar-refractivity contribution in [1.29, 1.82) is 0 Å². The minimum Gasteiger partial charge on any atom is -0.489 e. The van der Waals surface area contributed by atoms with Gasteiger partial charge in [-0.15, -0.1) is 0 Å². The summed E-state index contributed by atoms with van der Waals surface area (Å²) in [6, 6.07) is 13.6. The summed E-state index contributed by atoms with van der Waals surface area (Å²) in [6.07, 6.45) is 5.33. The van der Waals surface area contributed by atoms with Gasteiger partial charge in [0.1, 0.15) is 18.2 Å². The summed E-state index contributed by atoms with van der Waals surface area (Å²) in [5.74, 6) is -0.0555. The van der Waals surface area contributed by atoms with Crippen LogP contribution < -0.4 is 4.74 Å². The summed E-state index contributed by atoms with van der Waals surface area (Å²) in [7, 11) is 0. The number of halogens is 2. The van der Waals surface area contributed by atoms with E-state index in [9.17, 15) is 14.0 Å². The molecule has 8 heteroatoms. The van der Waals surface area contributed by atoms with Gasteiger partial charge < -0.3 is 14.4 Å². The Labute approximate surface area is 206 Å². The van der Waals surface area contributed by atoms with Gasteiger partial charge in [-0.25, -0.2) is 9.18 Å². The molecule has 1 spiro atoms. The third-order valence-electron chi connectivity index (χ3n) is 7.31. The lowest BCUT2D eigenvalue weighted by molar-refractivity contribution is -0.134. The molecule has 2 fully saturated rings. The highest BCUT2D eigenvalue weighted by Gasteiger charge is 2.57. The first-order valence-electron chi connectivity index (χ1n) is 11.5. The van der Waals surface area contributed by atoms with Gasteiger partial charge in [0.05, 0.1) is 22.5 Å². The second-order valence-corrected chi connectivity index (χ2v) is 9.82. The van der Waals surface area contributed by atoms with Gasteiger partial charge in [-0.1, -0.05) is 29.8 Å². The second kappa shape index (κ2) is 8.05. The summed E-state index contributed by atoms with van der Waals surface area (Å²) in [5, 5.41) is 0.319. The van der Waals surface area contributed by atoms with Crippen molar-refractivity contribution >= 4 is 23.5 Å². The number of pyridine rings is 1. The van der Waals surface area contributed by atoms with E-state index in [1.54, 1.807) is 12.3 Å². The lowest BCUT2D eigenvalue weighted by atomic mass is 9.92. The first-order chi connectivity index (χ1) is 16.9. The molecule has 3 aromatic rings. The van der Waals surface area contributed by atoms with Gasteiger partial charge in [-0.3, -0.25) is 9.78 Å². The average Bonchev–Trinajstić information content (AvgIpc) is 3.49. The Morgan fingerprint density at radius 3 is 2.69 bits per heavy atom. The van der Waals surface area contributed by atoms with Gasteiger partial charge in [0.25, 0.3) is 0 Å². The highest BCUT2D eigenvalue weighted by atomic mass is 35.5. The zero-order valence-electron chi connectivity index (χ0n) is 18.8. The topological polar surface area (TPSA) is 68.7 Å². The molecule has 2 aromatic carbocycles. The molecule has 6 rings (SSSR count). The smallest absolute Gasteiger partial charge is 0.341 e. The van der Waals surface area contributed by atoms with Crippen molar-refractivity contribution in [2.24, 2.45) is 0 Å². The zero-order valence-corrected chi connectivity index (χ0v) is 19.6. The number of benzene rings is 2.